The summed E-state index contributed by atoms with van der Waals surface area (Å²) in [6, 6.07) is 0. The molecular formula is C11H12N2O3S. The van der Waals surface area contributed by atoms with Crippen LogP contribution in [0.5, 0.6) is 0 Å². The lowest BCUT2D eigenvalue weighted by Gasteiger charge is -1.94. The lowest BCUT2D eigenvalue weighted by atomic mass is 10.1. The van der Waals surface area contributed by atoms with Gasteiger partial charge in [0, 0.05) is 5.56 Å². The lowest BCUT2D eigenvalue weighted by Crippen LogP contribution is -2.00. The maximum atomic E-state index is 10.9. The predicted octanol–water partition coefficient (Wildman–Crippen LogP) is 2.61. The van der Waals surface area contributed by atoms with Crippen molar-refractivity contribution >= 4 is 22.3 Å². The van der Waals surface area contributed by atoms with Gasteiger partial charge in [0.1, 0.15) is 21.5 Å². The average molecular weight is 252 g/mol. The molecule has 90 valence electrons. The normalized spacial score (nSPS) is 10.8. The number of aryl methyl sites for hydroxylation is 2. The highest BCUT2D eigenvalue weighted by atomic mass is 32.1. The Hall–Kier alpha value is -1.82. The van der Waals surface area contributed by atoms with Crippen molar-refractivity contribution < 1.29 is 14.3 Å². The van der Waals surface area contributed by atoms with Gasteiger partial charge in [0.25, 0.3) is 0 Å². The van der Waals surface area contributed by atoms with Crippen molar-refractivity contribution in [2.24, 2.45) is 0 Å². The minimum atomic E-state index is -1.11. The molecule has 0 atom stereocenters. The molecule has 0 fully saturated rings. The monoisotopic (exact) mass is 252 g/mol. The number of hydrogen-bond donors (Lipinski definition) is 2. The van der Waals surface area contributed by atoms with Gasteiger partial charge in [-0.25, -0.2) is 9.78 Å². The molecule has 6 heteroatoms. The van der Waals surface area contributed by atoms with E-state index in [1.54, 1.807) is 0 Å². The summed E-state index contributed by atoms with van der Waals surface area (Å²) in [5.41, 5.74) is 7.34. The summed E-state index contributed by atoms with van der Waals surface area (Å²) < 4.78 is 5.49. The first-order valence-corrected chi connectivity index (χ1v) is 5.80. The number of nitrogens with two attached hydrogens (primary N) is 1. The van der Waals surface area contributed by atoms with E-state index in [2.05, 4.69) is 4.98 Å². The second-order valence-electron chi connectivity index (χ2n) is 3.75. The Labute approximate surface area is 102 Å². The molecule has 0 aliphatic heterocycles. The van der Waals surface area contributed by atoms with E-state index in [1.165, 1.54) is 0 Å². The van der Waals surface area contributed by atoms with Crippen LogP contribution in [0.1, 0.15) is 27.6 Å². The van der Waals surface area contributed by atoms with Gasteiger partial charge in [0.15, 0.2) is 5.69 Å². The summed E-state index contributed by atoms with van der Waals surface area (Å²) in [6.45, 7) is 5.60. The molecule has 2 aromatic rings. The van der Waals surface area contributed by atoms with Gasteiger partial charge >= 0.3 is 5.97 Å². The molecule has 2 aromatic heterocycles. The van der Waals surface area contributed by atoms with Crippen molar-refractivity contribution in [2.75, 3.05) is 5.73 Å². The first-order chi connectivity index (χ1) is 7.91. The van der Waals surface area contributed by atoms with Crippen LogP contribution in [0, 0.1) is 20.8 Å². The lowest BCUT2D eigenvalue weighted by molar-refractivity contribution is 0.0692. The number of nitrogens with zero attached hydrogens (tertiary/aromatic N) is 1. The highest BCUT2D eigenvalue weighted by Gasteiger charge is 2.21. The van der Waals surface area contributed by atoms with Gasteiger partial charge in [-0.05, 0) is 20.8 Å². The third-order valence-electron chi connectivity index (χ3n) is 2.63. The number of carboxylic acid groups (broad SMARTS) is 1. The molecule has 0 unspecified atom stereocenters. The number of aromatic nitrogens is 1. The van der Waals surface area contributed by atoms with Crippen LogP contribution >= 0.6 is 11.3 Å². The predicted molar refractivity (Wildman–Crippen MR) is 65.4 cm³/mol. The number of anilines is 1. The van der Waals surface area contributed by atoms with E-state index < -0.39 is 5.97 Å². The van der Waals surface area contributed by atoms with Gasteiger partial charge in [0.2, 0.25) is 0 Å². The van der Waals surface area contributed by atoms with Crippen LogP contribution in [0.2, 0.25) is 0 Å². The second-order valence-corrected chi connectivity index (χ2v) is 4.78. The number of thiazole rings is 1. The van der Waals surface area contributed by atoms with Gasteiger partial charge in [0.05, 0.1) is 5.56 Å². The number of carbonyl (C=O) groups is 1. The summed E-state index contributed by atoms with van der Waals surface area (Å²) in [4.78, 5) is 14.9. The Balaban J connectivity index is 2.61. The smallest absolute Gasteiger partial charge is 0.357 e. The van der Waals surface area contributed by atoms with Crippen molar-refractivity contribution in [3.63, 3.8) is 0 Å². The highest BCUT2D eigenvalue weighted by Crippen LogP contribution is 2.36. The fraction of sp³-hybridized carbons (Fsp3) is 0.273. The summed E-state index contributed by atoms with van der Waals surface area (Å²) in [5.74, 6) is 0.425. The first-order valence-electron chi connectivity index (χ1n) is 4.98. The van der Waals surface area contributed by atoms with Gasteiger partial charge in [-0.3, -0.25) is 0 Å². The van der Waals surface area contributed by atoms with Gasteiger partial charge in [-0.2, -0.15) is 0 Å². The largest absolute Gasteiger partial charge is 0.476 e. The third kappa shape index (κ3) is 1.80. The highest BCUT2D eigenvalue weighted by molar-refractivity contribution is 7.19. The third-order valence-corrected chi connectivity index (χ3v) is 3.53. The molecule has 0 aliphatic rings. The summed E-state index contributed by atoms with van der Waals surface area (Å²) >= 11 is 1.16. The molecule has 0 amide bonds. The molecule has 0 bridgehead atoms. The Morgan fingerprint density at radius 2 is 2.00 bits per heavy atom. The molecule has 17 heavy (non-hydrogen) atoms. The number of carboxylic acids is 1. The summed E-state index contributed by atoms with van der Waals surface area (Å²) in [5, 5.41) is 9.71. The molecular weight excluding hydrogens is 240 g/mol. The van der Waals surface area contributed by atoms with Crippen LogP contribution in [0.25, 0.3) is 10.6 Å². The molecule has 0 radical (unpaired) electrons. The zero-order valence-electron chi connectivity index (χ0n) is 9.70. The minimum absolute atomic E-state index is 0.0948. The van der Waals surface area contributed by atoms with Crippen LogP contribution < -0.4 is 5.73 Å². The number of aromatic carboxylic acids is 1. The number of hydrogen-bond acceptors (Lipinski definition) is 5. The van der Waals surface area contributed by atoms with E-state index in [-0.39, 0.29) is 10.7 Å². The molecule has 0 saturated heterocycles. The van der Waals surface area contributed by atoms with E-state index in [1.807, 2.05) is 20.8 Å². The molecule has 0 saturated carbocycles. The van der Waals surface area contributed by atoms with Crippen LogP contribution in [0.4, 0.5) is 5.00 Å². The topological polar surface area (TPSA) is 89.3 Å². The second kappa shape index (κ2) is 3.89. The van der Waals surface area contributed by atoms with Crippen LogP contribution in [-0.4, -0.2) is 16.1 Å². The van der Waals surface area contributed by atoms with Crippen molar-refractivity contribution in [2.45, 2.75) is 20.8 Å². The van der Waals surface area contributed by atoms with Gasteiger partial charge < -0.3 is 15.3 Å². The Kier molecular flexibility index (Phi) is 2.66. The Morgan fingerprint density at radius 1 is 1.35 bits per heavy atom. The summed E-state index contributed by atoms with van der Waals surface area (Å²) in [6.07, 6.45) is 0. The van der Waals surface area contributed by atoms with Crippen molar-refractivity contribution in [3.05, 3.63) is 22.8 Å². The van der Waals surface area contributed by atoms with Gasteiger partial charge in [-0.1, -0.05) is 11.3 Å². The molecule has 0 aromatic carbocycles. The fourth-order valence-electron chi connectivity index (χ4n) is 1.70. The maximum Gasteiger partial charge on any atom is 0.357 e. The summed E-state index contributed by atoms with van der Waals surface area (Å²) in [7, 11) is 0. The number of nitrogen functional groups attached to an aromatic ring is 1. The number of furan rings is 1. The van der Waals surface area contributed by atoms with Crippen LogP contribution in [-0.2, 0) is 0 Å². The Bertz CT molecular complexity index is 598. The first kappa shape index (κ1) is 11.7. The van der Waals surface area contributed by atoms with Crippen LogP contribution in [0.3, 0.4) is 0 Å². The minimum Gasteiger partial charge on any atom is -0.476 e. The van der Waals surface area contributed by atoms with E-state index in [4.69, 9.17) is 15.3 Å². The molecule has 0 spiro atoms. The standard InChI is InChI=1S/C11H12N2O3S/c1-4-5(2)16-6(3)7(4)10-13-8(11(14)15)9(12)17-10/h12H2,1-3H3,(H,14,15). The fourth-order valence-corrected chi connectivity index (χ4v) is 2.67. The number of rotatable bonds is 2. The molecule has 2 rings (SSSR count). The van der Waals surface area contributed by atoms with Crippen molar-refractivity contribution in [3.8, 4) is 10.6 Å². The average Bonchev–Trinajstić information content (AvgIpc) is 2.70. The molecule has 5 nitrogen and oxygen atoms in total. The van der Waals surface area contributed by atoms with Crippen molar-refractivity contribution in [1.82, 2.24) is 4.98 Å². The zero-order valence-corrected chi connectivity index (χ0v) is 10.5. The van der Waals surface area contributed by atoms with Crippen LogP contribution in [0.15, 0.2) is 4.42 Å². The zero-order chi connectivity index (χ0) is 12.7. The Morgan fingerprint density at radius 3 is 2.41 bits per heavy atom. The SMILES string of the molecule is Cc1oc(C)c(-c2nc(C(=O)O)c(N)s2)c1C. The van der Waals surface area contributed by atoms with Crippen molar-refractivity contribution in [1.29, 1.82) is 0 Å². The molecule has 2 heterocycles. The van der Waals surface area contributed by atoms with E-state index in [0.29, 0.717) is 5.01 Å². The van der Waals surface area contributed by atoms with E-state index in [0.717, 1.165) is 34.0 Å². The molecule has 3 N–H and O–H groups in total. The van der Waals surface area contributed by atoms with Gasteiger partial charge in [-0.15, -0.1) is 0 Å². The van der Waals surface area contributed by atoms with E-state index in [9.17, 15) is 4.79 Å². The van der Waals surface area contributed by atoms with E-state index >= 15 is 0 Å². The molecule has 0 aliphatic carbocycles. The quantitative estimate of drug-likeness (QED) is 0.857. The maximum absolute atomic E-state index is 10.9.